The second-order valence-corrected chi connectivity index (χ2v) is 11.8. The minimum Gasteiger partial charge on any atom is -0.457 e. The van der Waals surface area contributed by atoms with Gasteiger partial charge < -0.3 is 4.74 Å². The van der Waals surface area contributed by atoms with Gasteiger partial charge in [0.25, 0.3) is 0 Å². The van der Waals surface area contributed by atoms with E-state index >= 15 is 0 Å². The number of aromatic nitrogens is 5. The number of pyridine rings is 3. The van der Waals surface area contributed by atoms with Gasteiger partial charge in [-0.25, -0.2) is 15.0 Å². The van der Waals surface area contributed by atoms with Crippen molar-refractivity contribution in [2.45, 2.75) is 0 Å². The number of fused-ring (bicyclic) bond motifs is 12. The Morgan fingerprint density at radius 2 is 1.13 bits per heavy atom. The molecule has 0 aliphatic carbocycles. The summed E-state index contributed by atoms with van der Waals surface area (Å²) in [7, 11) is 0. The third-order valence-corrected chi connectivity index (χ3v) is 9.11. The molecule has 0 saturated heterocycles. The molecule has 5 aromatic heterocycles. The van der Waals surface area contributed by atoms with Crippen LogP contribution in [-0.2, 0) is 0 Å². The second kappa shape index (κ2) is 9.99. The molecule has 220 valence electrons. The predicted molar refractivity (Wildman–Crippen MR) is 189 cm³/mol. The van der Waals surface area contributed by atoms with E-state index in [4.69, 9.17) is 19.7 Å². The molecule has 0 radical (unpaired) electrons. The average Bonchev–Trinajstić information content (AvgIpc) is 3.82. The van der Waals surface area contributed by atoms with E-state index in [1.54, 1.807) is 0 Å². The lowest BCUT2D eigenvalue weighted by atomic mass is 9.99. The zero-order valence-electron chi connectivity index (χ0n) is 25.1. The first-order valence-electron chi connectivity index (χ1n) is 15.6. The summed E-state index contributed by atoms with van der Waals surface area (Å²) in [6.07, 6.45) is 7.64. The quantitative estimate of drug-likeness (QED) is 0.188. The fraction of sp³-hybridized carbons (Fsp3) is 0. The largest absolute Gasteiger partial charge is 0.457 e. The molecule has 0 fully saturated rings. The molecule has 5 aromatic carbocycles. The van der Waals surface area contributed by atoms with Gasteiger partial charge >= 0.3 is 0 Å². The van der Waals surface area contributed by atoms with Gasteiger partial charge in [-0.15, -0.1) is 0 Å². The van der Waals surface area contributed by atoms with E-state index in [9.17, 15) is 0 Å². The standard InChI is InChI=1S/C41H25N5O/c1-3-8-26(9-4-1)28-13-18-37-34(22-28)32-17-15-29(23-35(32)39-43-20-21-45(37)39)47-30-14-16-31-33-12-7-19-42-40(33)46-38(27-10-5-2-6-11-27)25-44-41(46)36(31)24-30/h1-25H. The van der Waals surface area contributed by atoms with Crippen molar-refractivity contribution in [1.29, 1.82) is 0 Å². The van der Waals surface area contributed by atoms with Gasteiger partial charge in [0.2, 0.25) is 0 Å². The zero-order chi connectivity index (χ0) is 30.9. The van der Waals surface area contributed by atoms with Crippen LogP contribution in [-0.4, -0.2) is 23.8 Å². The summed E-state index contributed by atoms with van der Waals surface area (Å²) in [4.78, 5) is 14.4. The summed E-state index contributed by atoms with van der Waals surface area (Å²) in [6, 6.07) is 44.0. The van der Waals surface area contributed by atoms with Gasteiger partial charge in [-0.2, -0.15) is 0 Å². The van der Waals surface area contributed by atoms with Crippen molar-refractivity contribution >= 4 is 54.8 Å². The number of ether oxygens (including phenoxy) is 1. The molecule has 0 spiro atoms. The Morgan fingerprint density at radius 3 is 1.91 bits per heavy atom. The van der Waals surface area contributed by atoms with Crippen molar-refractivity contribution in [1.82, 2.24) is 23.8 Å². The molecule has 6 nitrogen and oxygen atoms in total. The number of benzene rings is 5. The van der Waals surface area contributed by atoms with E-state index in [0.717, 1.165) is 72.1 Å². The Morgan fingerprint density at radius 1 is 0.447 bits per heavy atom. The van der Waals surface area contributed by atoms with Gasteiger partial charge in [0.15, 0.2) is 0 Å². The Labute approximate surface area is 268 Å². The summed E-state index contributed by atoms with van der Waals surface area (Å²) in [5, 5.41) is 6.48. The molecule has 10 rings (SSSR count). The topological polar surface area (TPSA) is 56.7 Å². The van der Waals surface area contributed by atoms with E-state index in [2.05, 4.69) is 93.7 Å². The molecular weight excluding hydrogens is 578 g/mol. The first-order valence-corrected chi connectivity index (χ1v) is 15.6. The number of hydrogen-bond donors (Lipinski definition) is 0. The van der Waals surface area contributed by atoms with Crippen LogP contribution in [0.2, 0.25) is 0 Å². The minimum atomic E-state index is 0.734. The fourth-order valence-corrected chi connectivity index (χ4v) is 6.97. The van der Waals surface area contributed by atoms with E-state index in [1.807, 2.05) is 67.3 Å². The van der Waals surface area contributed by atoms with Gasteiger partial charge in [-0.3, -0.25) is 8.80 Å². The summed E-state index contributed by atoms with van der Waals surface area (Å²) < 4.78 is 10.9. The zero-order valence-corrected chi connectivity index (χ0v) is 25.1. The molecule has 0 bridgehead atoms. The number of hydrogen-bond acceptors (Lipinski definition) is 4. The van der Waals surface area contributed by atoms with Crippen molar-refractivity contribution in [3.05, 3.63) is 152 Å². The highest BCUT2D eigenvalue weighted by atomic mass is 16.5. The summed E-state index contributed by atoms with van der Waals surface area (Å²) >= 11 is 0. The van der Waals surface area contributed by atoms with Crippen LogP contribution in [0.15, 0.2) is 152 Å². The monoisotopic (exact) mass is 603 g/mol. The highest BCUT2D eigenvalue weighted by Gasteiger charge is 2.17. The maximum atomic E-state index is 6.59. The molecule has 0 N–H and O–H groups in total. The lowest BCUT2D eigenvalue weighted by Crippen LogP contribution is -1.96. The van der Waals surface area contributed by atoms with Gasteiger partial charge in [-0.05, 0) is 82.6 Å². The van der Waals surface area contributed by atoms with Crippen LogP contribution in [0, 0.1) is 0 Å². The van der Waals surface area contributed by atoms with Gasteiger partial charge in [-0.1, -0.05) is 66.7 Å². The fourth-order valence-electron chi connectivity index (χ4n) is 6.97. The minimum absolute atomic E-state index is 0.734. The highest BCUT2D eigenvalue weighted by Crippen LogP contribution is 2.38. The number of nitrogens with zero attached hydrogens (tertiary/aromatic N) is 5. The molecule has 0 unspecified atom stereocenters. The first-order chi connectivity index (χ1) is 23.3. The molecular formula is C41H25N5O. The van der Waals surface area contributed by atoms with Gasteiger partial charge in [0.1, 0.15) is 28.4 Å². The molecule has 0 aliphatic rings. The summed E-state index contributed by atoms with van der Waals surface area (Å²) in [5.74, 6) is 1.48. The molecule has 47 heavy (non-hydrogen) atoms. The first kappa shape index (κ1) is 25.8. The Bertz CT molecular complexity index is 2820. The van der Waals surface area contributed by atoms with E-state index in [0.29, 0.717) is 0 Å². The van der Waals surface area contributed by atoms with Crippen molar-refractivity contribution < 1.29 is 4.74 Å². The maximum absolute atomic E-state index is 6.59. The van der Waals surface area contributed by atoms with Crippen LogP contribution >= 0.6 is 0 Å². The van der Waals surface area contributed by atoms with Crippen LogP contribution in [0.25, 0.3) is 77.2 Å². The molecule has 0 atom stereocenters. The number of imidazole rings is 2. The lowest BCUT2D eigenvalue weighted by molar-refractivity contribution is 0.484. The maximum Gasteiger partial charge on any atom is 0.146 e. The lowest BCUT2D eigenvalue weighted by Gasteiger charge is -2.13. The van der Waals surface area contributed by atoms with Crippen LogP contribution in [0.5, 0.6) is 11.5 Å². The molecule has 5 heterocycles. The third-order valence-electron chi connectivity index (χ3n) is 9.11. The van der Waals surface area contributed by atoms with Crippen molar-refractivity contribution in [3.8, 4) is 33.9 Å². The van der Waals surface area contributed by atoms with E-state index < -0.39 is 0 Å². The van der Waals surface area contributed by atoms with E-state index in [-0.39, 0.29) is 0 Å². The normalized spacial score (nSPS) is 11.8. The molecule has 10 aromatic rings. The van der Waals surface area contributed by atoms with Gasteiger partial charge in [0, 0.05) is 45.7 Å². The van der Waals surface area contributed by atoms with Gasteiger partial charge in [0.05, 0.1) is 17.4 Å². The average molecular weight is 604 g/mol. The smallest absolute Gasteiger partial charge is 0.146 e. The van der Waals surface area contributed by atoms with E-state index in [1.165, 1.54) is 16.5 Å². The van der Waals surface area contributed by atoms with Crippen LogP contribution < -0.4 is 4.74 Å². The molecule has 0 aliphatic heterocycles. The molecule has 0 amide bonds. The van der Waals surface area contributed by atoms with Crippen LogP contribution in [0.3, 0.4) is 0 Å². The van der Waals surface area contributed by atoms with Crippen LogP contribution in [0.1, 0.15) is 0 Å². The molecule has 0 saturated carbocycles. The van der Waals surface area contributed by atoms with Crippen molar-refractivity contribution in [2.75, 3.05) is 0 Å². The Hall–Kier alpha value is -6.53. The summed E-state index contributed by atoms with van der Waals surface area (Å²) in [5.41, 5.74) is 8.19. The SMILES string of the molecule is c1ccc(-c2ccc3c(c2)c2ccc(Oc4ccc5c6cccnc6n6c(-c7ccccc7)cnc6c5c4)cc2c2nccn32)cc1. The highest BCUT2D eigenvalue weighted by molar-refractivity contribution is 6.13. The predicted octanol–water partition coefficient (Wildman–Crippen LogP) is 10.1. The summed E-state index contributed by atoms with van der Waals surface area (Å²) in [6.45, 7) is 0. The Kier molecular flexibility index (Phi) is 5.48. The third kappa shape index (κ3) is 3.95. The van der Waals surface area contributed by atoms with Crippen LogP contribution in [0.4, 0.5) is 0 Å². The van der Waals surface area contributed by atoms with Crippen molar-refractivity contribution in [3.63, 3.8) is 0 Å². The Balaban J connectivity index is 1.13. The van der Waals surface area contributed by atoms with Crippen molar-refractivity contribution in [2.24, 2.45) is 0 Å². The second-order valence-electron chi connectivity index (χ2n) is 11.8. The molecule has 6 heteroatoms. The number of rotatable bonds is 4.